The molecule has 3 atom stereocenters. The molecular formula is C21H33N3O5. The van der Waals surface area contributed by atoms with Gasteiger partial charge in [-0.15, -0.1) is 0 Å². The minimum Gasteiger partial charge on any atom is -0.472 e. The van der Waals surface area contributed by atoms with Crippen LogP contribution in [0.15, 0.2) is 23.0 Å². The van der Waals surface area contributed by atoms with Crippen molar-refractivity contribution in [2.24, 2.45) is 5.41 Å². The smallest absolute Gasteiger partial charge is 0.255 e. The summed E-state index contributed by atoms with van der Waals surface area (Å²) in [6.07, 6.45) is 4.30. The Hall–Kier alpha value is -2.19. The van der Waals surface area contributed by atoms with Crippen LogP contribution in [0.3, 0.4) is 0 Å². The van der Waals surface area contributed by atoms with Crippen molar-refractivity contribution in [3.05, 3.63) is 24.2 Å². The monoisotopic (exact) mass is 407 g/mol. The molecule has 0 spiro atoms. The molecule has 2 heterocycles. The van der Waals surface area contributed by atoms with E-state index in [0.29, 0.717) is 18.4 Å². The molecule has 1 aromatic rings. The lowest BCUT2D eigenvalue weighted by atomic mass is 9.83. The van der Waals surface area contributed by atoms with Crippen LogP contribution in [-0.4, -0.2) is 67.9 Å². The first-order valence-electron chi connectivity index (χ1n) is 10.1. The second kappa shape index (κ2) is 10.0. The number of hydrogen-bond acceptors (Lipinski definition) is 6. The third kappa shape index (κ3) is 6.68. The molecule has 8 nitrogen and oxygen atoms in total. The molecule has 8 heteroatoms. The zero-order valence-corrected chi connectivity index (χ0v) is 18.0. The summed E-state index contributed by atoms with van der Waals surface area (Å²) >= 11 is 0. The average Bonchev–Trinajstić information content (AvgIpc) is 3.30. The van der Waals surface area contributed by atoms with Crippen molar-refractivity contribution in [3.8, 4) is 0 Å². The molecule has 1 saturated heterocycles. The summed E-state index contributed by atoms with van der Waals surface area (Å²) in [4.78, 5) is 39.8. The topological polar surface area (TPSA) is 101 Å². The van der Waals surface area contributed by atoms with E-state index in [1.54, 1.807) is 6.07 Å². The Bertz CT molecular complexity index is 699. The summed E-state index contributed by atoms with van der Waals surface area (Å²) in [5.41, 5.74) is 0.188. The number of nitrogens with zero attached hydrogens (tertiary/aromatic N) is 1. The lowest BCUT2D eigenvalue weighted by molar-refractivity contribution is -0.128. The first kappa shape index (κ1) is 23.1. The normalized spacial score (nSPS) is 20.7. The van der Waals surface area contributed by atoms with Gasteiger partial charge in [0, 0.05) is 6.54 Å². The number of hydrogen-bond donors (Lipinski definition) is 2. The van der Waals surface area contributed by atoms with Gasteiger partial charge in [0.25, 0.3) is 5.91 Å². The molecule has 0 saturated carbocycles. The van der Waals surface area contributed by atoms with Crippen LogP contribution < -0.4 is 10.6 Å². The molecule has 0 bridgehead atoms. The standard InChI is InChI=1S/C21H33N3O5/c1-6-21(2,3)11-15(22-19(26)14-8-10-28-12-14)20(27)23-18-16(25)13-29-17(18)7-9-24(4)5/h8,10,12,15,17-18H,6-7,9,11,13H2,1-5H3,(H,22,26)(H,23,27)/t15-,17?,18?/m0/s1. The molecule has 162 valence electrons. The van der Waals surface area contributed by atoms with E-state index in [-0.39, 0.29) is 35.7 Å². The summed E-state index contributed by atoms with van der Waals surface area (Å²) in [5, 5.41) is 5.62. The van der Waals surface area contributed by atoms with Crippen molar-refractivity contribution >= 4 is 17.6 Å². The minimum atomic E-state index is -0.768. The quantitative estimate of drug-likeness (QED) is 0.611. The van der Waals surface area contributed by atoms with E-state index in [1.807, 2.05) is 39.8 Å². The molecule has 1 fully saturated rings. The molecule has 0 radical (unpaired) electrons. The molecule has 2 amide bonds. The van der Waals surface area contributed by atoms with Crippen molar-refractivity contribution in [1.82, 2.24) is 15.5 Å². The lowest BCUT2D eigenvalue weighted by Crippen LogP contribution is -2.54. The van der Waals surface area contributed by atoms with Crippen LogP contribution >= 0.6 is 0 Å². The van der Waals surface area contributed by atoms with Crippen LogP contribution in [0.25, 0.3) is 0 Å². The molecule has 1 aromatic heterocycles. The number of Topliss-reactive ketones (excluding diaryl/α,β-unsaturated/α-hetero) is 1. The Morgan fingerprint density at radius 1 is 1.34 bits per heavy atom. The molecule has 2 N–H and O–H groups in total. The van der Waals surface area contributed by atoms with Gasteiger partial charge in [-0.3, -0.25) is 14.4 Å². The largest absolute Gasteiger partial charge is 0.472 e. The van der Waals surface area contributed by atoms with Crippen LogP contribution in [0.4, 0.5) is 0 Å². The van der Waals surface area contributed by atoms with E-state index in [4.69, 9.17) is 9.15 Å². The number of nitrogens with one attached hydrogen (secondary N) is 2. The summed E-state index contributed by atoms with van der Waals surface area (Å²) in [5.74, 6) is -0.900. The molecule has 1 aliphatic rings. The maximum absolute atomic E-state index is 13.1. The Morgan fingerprint density at radius 2 is 2.07 bits per heavy atom. The second-order valence-electron chi connectivity index (χ2n) is 8.65. The van der Waals surface area contributed by atoms with E-state index in [0.717, 1.165) is 13.0 Å². The van der Waals surface area contributed by atoms with Crippen LogP contribution in [-0.2, 0) is 14.3 Å². The van der Waals surface area contributed by atoms with E-state index in [1.165, 1.54) is 12.5 Å². The van der Waals surface area contributed by atoms with E-state index < -0.39 is 12.1 Å². The molecule has 1 aliphatic heterocycles. The average molecular weight is 408 g/mol. The first-order valence-corrected chi connectivity index (χ1v) is 10.1. The zero-order chi connectivity index (χ0) is 21.6. The first-order chi connectivity index (χ1) is 13.6. The highest BCUT2D eigenvalue weighted by atomic mass is 16.5. The van der Waals surface area contributed by atoms with Gasteiger partial charge in [0.2, 0.25) is 5.91 Å². The number of carbonyl (C=O) groups excluding carboxylic acids is 3. The summed E-state index contributed by atoms with van der Waals surface area (Å²) < 4.78 is 10.5. The second-order valence-corrected chi connectivity index (χ2v) is 8.65. The predicted molar refractivity (Wildman–Crippen MR) is 108 cm³/mol. The highest BCUT2D eigenvalue weighted by molar-refractivity contribution is 5.98. The van der Waals surface area contributed by atoms with Crippen molar-refractivity contribution in [3.63, 3.8) is 0 Å². The van der Waals surface area contributed by atoms with Crippen molar-refractivity contribution < 1.29 is 23.5 Å². The van der Waals surface area contributed by atoms with Gasteiger partial charge in [-0.2, -0.15) is 0 Å². The summed E-state index contributed by atoms with van der Waals surface area (Å²) in [6, 6.07) is 0.0803. The van der Waals surface area contributed by atoms with Crippen molar-refractivity contribution in [1.29, 1.82) is 0 Å². The fourth-order valence-electron chi connectivity index (χ4n) is 3.19. The number of amides is 2. The number of ether oxygens (including phenoxy) is 1. The van der Waals surface area contributed by atoms with E-state index in [2.05, 4.69) is 10.6 Å². The van der Waals surface area contributed by atoms with Crippen LogP contribution in [0, 0.1) is 5.41 Å². The molecular weight excluding hydrogens is 374 g/mol. The van der Waals surface area contributed by atoms with Gasteiger partial charge in [-0.25, -0.2) is 0 Å². The number of carbonyl (C=O) groups is 3. The van der Waals surface area contributed by atoms with Gasteiger partial charge < -0.3 is 24.7 Å². The Kier molecular flexibility index (Phi) is 7.98. The Balaban J connectivity index is 2.10. The summed E-state index contributed by atoms with van der Waals surface area (Å²) in [6.45, 7) is 6.86. The number of furan rings is 1. The maximum Gasteiger partial charge on any atom is 0.255 e. The van der Waals surface area contributed by atoms with Gasteiger partial charge in [-0.1, -0.05) is 27.2 Å². The number of rotatable bonds is 10. The van der Waals surface area contributed by atoms with Gasteiger partial charge in [0.05, 0.1) is 17.9 Å². The Morgan fingerprint density at radius 3 is 2.66 bits per heavy atom. The minimum absolute atomic E-state index is 0.00442. The van der Waals surface area contributed by atoms with E-state index in [9.17, 15) is 14.4 Å². The lowest BCUT2D eigenvalue weighted by Gasteiger charge is -2.30. The van der Waals surface area contributed by atoms with Crippen LogP contribution in [0.5, 0.6) is 0 Å². The van der Waals surface area contributed by atoms with Crippen molar-refractivity contribution in [2.45, 2.75) is 58.2 Å². The van der Waals surface area contributed by atoms with Gasteiger partial charge in [0.15, 0.2) is 5.78 Å². The van der Waals surface area contributed by atoms with E-state index >= 15 is 0 Å². The zero-order valence-electron chi connectivity index (χ0n) is 18.0. The third-order valence-electron chi connectivity index (χ3n) is 5.44. The maximum atomic E-state index is 13.1. The number of ketones is 1. The molecule has 2 rings (SSSR count). The van der Waals surface area contributed by atoms with Gasteiger partial charge in [-0.05, 0) is 38.4 Å². The SMILES string of the molecule is CCC(C)(C)C[C@H](NC(=O)c1ccoc1)C(=O)NC1C(=O)COC1CCN(C)C. The van der Waals surface area contributed by atoms with Crippen molar-refractivity contribution in [2.75, 3.05) is 27.2 Å². The molecule has 2 unspecified atom stereocenters. The fourth-order valence-corrected chi connectivity index (χ4v) is 3.19. The molecule has 0 aliphatic carbocycles. The van der Waals surface area contributed by atoms with Gasteiger partial charge in [0.1, 0.15) is 25.0 Å². The van der Waals surface area contributed by atoms with Crippen LogP contribution in [0.2, 0.25) is 0 Å². The highest BCUT2D eigenvalue weighted by Gasteiger charge is 2.39. The Labute approximate surface area is 172 Å². The van der Waals surface area contributed by atoms with Gasteiger partial charge >= 0.3 is 0 Å². The fraction of sp³-hybridized carbons (Fsp3) is 0.667. The molecule has 0 aromatic carbocycles. The predicted octanol–water partition coefficient (Wildman–Crippen LogP) is 1.61. The summed E-state index contributed by atoms with van der Waals surface area (Å²) in [7, 11) is 3.89. The molecule has 29 heavy (non-hydrogen) atoms. The van der Waals surface area contributed by atoms with Crippen LogP contribution in [0.1, 0.15) is 50.4 Å². The highest BCUT2D eigenvalue weighted by Crippen LogP contribution is 2.27. The third-order valence-corrected chi connectivity index (χ3v) is 5.44.